The highest BCUT2D eigenvalue weighted by Gasteiger charge is 2.27. The molecule has 0 radical (unpaired) electrons. The Labute approximate surface area is 95.5 Å². The van der Waals surface area contributed by atoms with E-state index in [1.807, 2.05) is 13.0 Å². The van der Waals surface area contributed by atoms with Crippen molar-refractivity contribution in [1.29, 1.82) is 0 Å². The number of hydrogen-bond donors (Lipinski definition) is 1. The second kappa shape index (κ2) is 3.31. The van der Waals surface area contributed by atoms with Gasteiger partial charge in [-0.2, -0.15) is 0 Å². The Kier molecular flexibility index (Phi) is 2.04. The second-order valence-electron chi connectivity index (χ2n) is 4.15. The molecule has 84 valence electrons. The normalized spacial score (nSPS) is 15.8. The molecule has 0 spiro atoms. The van der Waals surface area contributed by atoms with Gasteiger partial charge >= 0.3 is 5.69 Å². The van der Waals surface area contributed by atoms with Gasteiger partial charge in [0.15, 0.2) is 0 Å². The van der Waals surface area contributed by atoms with Crippen molar-refractivity contribution in [2.45, 2.75) is 32.2 Å². The summed E-state index contributed by atoms with van der Waals surface area (Å²) in [5.41, 5.74) is -0.387. The third-order valence-electron chi connectivity index (χ3n) is 2.93. The highest BCUT2D eigenvalue weighted by molar-refractivity contribution is 7.18. The topological polar surface area (TPSA) is 54.9 Å². The van der Waals surface area contributed by atoms with E-state index in [2.05, 4.69) is 4.98 Å². The molecule has 1 saturated carbocycles. The van der Waals surface area contributed by atoms with Crippen LogP contribution in [0.2, 0.25) is 0 Å². The Morgan fingerprint density at radius 3 is 2.88 bits per heavy atom. The zero-order chi connectivity index (χ0) is 11.3. The number of nitrogens with one attached hydrogen (secondary N) is 1. The molecule has 0 amide bonds. The SMILES string of the molecule is CCc1cc2c(=O)n(C3CC3)c(=O)[nH]c2s1. The van der Waals surface area contributed by atoms with E-state index >= 15 is 0 Å². The quantitative estimate of drug-likeness (QED) is 0.862. The molecular weight excluding hydrogens is 224 g/mol. The lowest BCUT2D eigenvalue weighted by molar-refractivity contribution is 0.667. The zero-order valence-electron chi connectivity index (χ0n) is 8.95. The Bertz CT molecular complexity index is 661. The highest BCUT2D eigenvalue weighted by atomic mass is 32.1. The van der Waals surface area contributed by atoms with E-state index < -0.39 is 0 Å². The van der Waals surface area contributed by atoms with Gasteiger partial charge in [0, 0.05) is 10.9 Å². The molecule has 5 heteroatoms. The average Bonchev–Trinajstić information content (AvgIpc) is 2.98. The molecule has 3 rings (SSSR count). The number of thiophene rings is 1. The number of nitrogens with zero attached hydrogens (tertiary/aromatic N) is 1. The first-order chi connectivity index (χ1) is 7.70. The largest absolute Gasteiger partial charge is 0.329 e. The Morgan fingerprint density at radius 1 is 1.50 bits per heavy atom. The van der Waals surface area contributed by atoms with Crippen LogP contribution in [-0.4, -0.2) is 9.55 Å². The van der Waals surface area contributed by atoms with Crippen LogP contribution in [-0.2, 0) is 6.42 Å². The van der Waals surface area contributed by atoms with E-state index in [0.717, 1.165) is 24.1 Å². The summed E-state index contributed by atoms with van der Waals surface area (Å²) in [6.07, 6.45) is 2.78. The molecule has 0 aliphatic heterocycles. The van der Waals surface area contributed by atoms with E-state index in [4.69, 9.17) is 0 Å². The first-order valence-corrected chi connectivity index (χ1v) is 6.29. The Morgan fingerprint density at radius 2 is 2.25 bits per heavy atom. The van der Waals surface area contributed by atoms with Crippen LogP contribution in [0.4, 0.5) is 0 Å². The molecule has 0 bridgehead atoms. The number of H-pyrrole nitrogens is 1. The van der Waals surface area contributed by atoms with E-state index in [1.165, 1.54) is 15.9 Å². The van der Waals surface area contributed by atoms with E-state index in [-0.39, 0.29) is 17.3 Å². The van der Waals surface area contributed by atoms with Gasteiger partial charge in [-0.3, -0.25) is 14.3 Å². The fourth-order valence-electron chi connectivity index (χ4n) is 1.91. The summed E-state index contributed by atoms with van der Waals surface area (Å²) in [5, 5.41) is 0.661. The van der Waals surface area contributed by atoms with Crippen LogP contribution in [0.3, 0.4) is 0 Å². The molecule has 1 N–H and O–H groups in total. The predicted molar refractivity (Wildman–Crippen MR) is 64.4 cm³/mol. The molecule has 2 aromatic heterocycles. The fraction of sp³-hybridized carbons (Fsp3) is 0.455. The van der Waals surface area contributed by atoms with Gasteiger partial charge in [-0.05, 0) is 25.3 Å². The third-order valence-corrected chi connectivity index (χ3v) is 4.13. The average molecular weight is 236 g/mol. The number of aryl methyl sites for hydroxylation is 1. The number of aromatic amines is 1. The van der Waals surface area contributed by atoms with Gasteiger partial charge < -0.3 is 0 Å². The van der Waals surface area contributed by atoms with Crippen molar-refractivity contribution in [2.24, 2.45) is 0 Å². The number of aromatic nitrogens is 2. The minimum absolute atomic E-state index is 0.128. The summed E-state index contributed by atoms with van der Waals surface area (Å²) < 4.78 is 1.37. The van der Waals surface area contributed by atoms with Gasteiger partial charge in [0.1, 0.15) is 4.83 Å². The van der Waals surface area contributed by atoms with Crippen LogP contribution in [0.25, 0.3) is 10.2 Å². The smallest absolute Gasteiger partial charge is 0.298 e. The molecular formula is C11H12N2O2S. The van der Waals surface area contributed by atoms with Crippen molar-refractivity contribution >= 4 is 21.6 Å². The standard InChI is InChI=1S/C11H12N2O2S/c1-2-7-5-8-9(16-7)12-11(15)13(10(8)14)6-3-4-6/h5-6H,2-4H2,1H3,(H,12,15). The van der Waals surface area contributed by atoms with Gasteiger partial charge in [-0.1, -0.05) is 6.92 Å². The van der Waals surface area contributed by atoms with Gasteiger partial charge in [0.05, 0.1) is 5.39 Å². The maximum absolute atomic E-state index is 12.1. The van der Waals surface area contributed by atoms with Crippen molar-refractivity contribution in [3.05, 3.63) is 31.8 Å². The van der Waals surface area contributed by atoms with Gasteiger partial charge in [-0.25, -0.2) is 4.79 Å². The Hall–Kier alpha value is -1.36. The van der Waals surface area contributed by atoms with Gasteiger partial charge in [0.2, 0.25) is 0 Å². The minimum atomic E-state index is -0.260. The molecule has 16 heavy (non-hydrogen) atoms. The van der Waals surface area contributed by atoms with Crippen molar-refractivity contribution in [3.8, 4) is 0 Å². The fourth-order valence-corrected chi connectivity index (χ4v) is 2.89. The van der Waals surface area contributed by atoms with Gasteiger partial charge in [-0.15, -0.1) is 11.3 Å². The van der Waals surface area contributed by atoms with Crippen molar-refractivity contribution in [3.63, 3.8) is 0 Å². The minimum Gasteiger partial charge on any atom is -0.298 e. The molecule has 0 unspecified atom stereocenters. The lowest BCUT2D eigenvalue weighted by atomic mass is 10.3. The van der Waals surface area contributed by atoms with Crippen LogP contribution in [0, 0.1) is 0 Å². The number of fused-ring (bicyclic) bond motifs is 1. The van der Waals surface area contributed by atoms with Gasteiger partial charge in [0.25, 0.3) is 5.56 Å². The first kappa shape index (κ1) is 9.84. The maximum Gasteiger partial charge on any atom is 0.329 e. The summed E-state index contributed by atoms with van der Waals surface area (Å²) >= 11 is 1.50. The summed E-state index contributed by atoms with van der Waals surface area (Å²) in [4.78, 5) is 28.5. The van der Waals surface area contributed by atoms with E-state index in [9.17, 15) is 9.59 Å². The zero-order valence-corrected chi connectivity index (χ0v) is 9.76. The lowest BCUT2D eigenvalue weighted by Gasteiger charge is -2.00. The summed E-state index contributed by atoms with van der Waals surface area (Å²) in [6.45, 7) is 2.04. The summed E-state index contributed by atoms with van der Waals surface area (Å²) in [5.74, 6) is 0. The summed E-state index contributed by atoms with van der Waals surface area (Å²) in [6, 6.07) is 2.03. The van der Waals surface area contributed by atoms with Crippen molar-refractivity contribution < 1.29 is 0 Å². The monoisotopic (exact) mass is 236 g/mol. The second-order valence-corrected chi connectivity index (χ2v) is 5.28. The number of rotatable bonds is 2. The van der Waals surface area contributed by atoms with Crippen LogP contribution in [0.5, 0.6) is 0 Å². The molecule has 0 aromatic carbocycles. The lowest BCUT2D eigenvalue weighted by Crippen LogP contribution is -2.33. The van der Waals surface area contributed by atoms with E-state index in [0.29, 0.717) is 10.2 Å². The first-order valence-electron chi connectivity index (χ1n) is 5.48. The molecule has 0 atom stereocenters. The molecule has 2 aromatic rings. The highest BCUT2D eigenvalue weighted by Crippen LogP contribution is 2.32. The molecule has 0 saturated heterocycles. The molecule has 4 nitrogen and oxygen atoms in total. The van der Waals surface area contributed by atoms with E-state index in [1.54, 1.807) is 0 Å². The molecule has 2 heterocycles. The van der Waals surface area contributed by atoms with Crippen LogP contribution in [0.1, 0.15) is 30.7 Å². The van der Waals surface area contributed by atoms with Crippen LogP contribution >= 0.6 is 11.3 Å². The van der Waals surface area contributed by atoms with Crippen LogP contribution < -0.4 is 11.2 Å². The maximum atomic E-state index is 12.1. The molecule has 1 fully saturated rings. The van der Waals surface area contributed by atoms with Crippen LogP contribution in [0.15, 0.2) is 15.7 Å². The molecule has 1 aliphatic carbocycles. The predicted octanol–water partition coefficient (Wildman–Crippen LogP) is 1.65. The number of hydrogen-bond acceptors (Lipinski definition) is 3. The van der Waals surface area contributed by atoms with Crippen molar-refractivity contribution in [1.82, 2.24) is 9.55 Å². The van der Waals surface area contributed by atoms with Crippen molar-refractivity contribution in [2.75, 3.05) is 0 Å². The molecule has 1 aliphatic rings. The Balaban J connectivity index is 2.37. The third kappa shape index (κ3) is 1.35. The summed E-state index contributed by atoms with van der Waals surface area (Å²) in [7, 11) is 0.